The minimum Gasteiger partial charge on any atom is -0.495 e. The molecular formula is C17H17N3O4. The molecule has 124 valence electrons. The average Bonchev–Trinajstić information content (AvgIpc) is 3.08. The van der Waals surface area contributed by atoms with Gasteiger partial charge in [0.2, 0.25) is 5.91 Å². The van der Waals surface area contributed by atoms with Crippen LogP contribution in [0.4, 0.5) is 10.5 Å². The maximum Gasteiger partial charge on any atom is 0.319 e. The highest BCUT2D eigenvalue weighted by Crippen LogP contribution is 2.32. The second-order valence-corrected chi connectivity index (χ2v) is 5.28. The summed E-state index contributed by atoms with van der Waals surface area (Å²) in [5, 5.41) is 8.05. The number of benzene rings is 1. The standard InChI is InChI=1S/C17H17N3O4/c1-10-14(15(20-17(22)18-10)13-8-5-9-24-13)16(21)19-11-6-3-4-7-12(11)23-2/h3-9,14-15H,1H2,2H3,(H,19,21)(H2,18,20,22)/t14-,15+/m0/s1. The van der Waals surface area contributed by atoms with Gasteiger partial charge in [-0.3, -0.25) is 4.79 Å². The molecule has 1 saturated heterocycles. The molecule has 2 atom stereocenters. The molecule has 2 aromatic rings. The smallest absolute Gasteiger partial charge is 0.319 e. The van der Waals surface area contributed by atoms with Gasteiger partial charge in [0.15, 0.2) is 0 Å². The first-order valence-corrected chi connectivity index (χ1v) is 7.33. The van der Waals surface area contributed by atoms with Crippen LogP contribution in [0.25, 0.3) is 0 Å². The van der Waals surface area contributed by atoms with Crippen LogP contribution < -0.4 is 20.7 Å². The summed E-state index contributed by atoms with van der Waals surface area (Å²) in [7, 11) is 1.53. The lowest BCUT2D eigenvalue weighted by Gasteiger charge is -2.32. The number of hydrogen-bond acceptors (Lipinski definition) is 4. The second-order valence-electron chi connectivity index (χ2n) is 5.28. The number of rotatable bonds is 4. The molecule has 0 bridgehead atoms. The van der Waals surface area contributed by atoms with E-state index in [9.17, 15) is 9.59 Å². The van der Waals surface area contributed by atoms with Gasteiger partial charge >= 0.3 is 6.03 Å². The van der Waals surface area contributed by atoms with Crippen molar-refractivity contribution in [2.24, 2.45) is 5.92 Å². The number of amides is 3. The van der Waals surface area contributed by atoms with Gasteiger partial charge in [0.25, 0.3) is 0 Å². The van der Waals surface area contributed by atoms with Crippen LogP contribution in [0.5, 0.6) is 5.75 Å². The van der Waals surface area contributed by atoms with Crippen molar-refractivity contribution in [2.75, 3.05) is 12.4 Å². The molecule has 0 unspecified atom stereocenters. The van der Waals surface area contributed by atoms with Crippen LogP contribution in [-0.4, -0.2) is 19.0 Å². The fraction of sp³-hybridized carbons (Fsp3) is 0.176. The minimum absolute atomic E-state index is 0.299. The van der Waals surface area contributed by atoms with E-state index in [1.807, 2.05) is 6.07 Å². The van der Waals surface area contributed by atoms with Crippen LogP contribution in [0, 0.1) is 5.92 Å². The summed E-state index contributed by atoms with van der Waals surface area (Å²) in [6, 6.07) is 9.40. The van der Waals surface area contributed by atoms with E-state index in [4.69, 9.17) is 9.15 Å². The Balaban J connectivity index is 1.88. The Labute approximate surface area is 138 Å². The molecule has 0 spiro atoms. The van der Waals surface area contributed by atoms with E-state index >= 15 is 0 Å². The third-order valence-corrected chi connectivity index (χ3v) is 3.77. The fourth-order valence-corrected chi connectivity index (χ4v) is 2.66. The zero-order valence-corrected chi connectivity index (χ0v) is 13.0. The van der Waals surface area contributed by atoms with Crippen LogP contribution in [0.2, 0.25) is 0 Å². The van der Waals surface area contributed by atoms with Gasteiger partial charge < -0.3 is 25.1 Å². The topological polar surface area (TPSA) is 92.6 Å². The van der Waals surface area contributed by atoms with Crippen molar-refractivity contribution in [2.45, 2.75) is 6.04 Å². The molecule has 2 heterocycles. The molecule has 1 fully saturated rings. The van der Waals surface area contributed by atoms with E-state index in [0.717, 1.165) is 0 Å². The molecule has 3 amide bonds. The maximum absolute atomic E-state index is 12.8. The second kappa shape index (κ2) is 6.49. The summed E-state index contributed by atoms with van der Waals surface area (Å²) in [5.41, 5.74) is 0.834. The number of nitrogens with one attached hydrogen (secondary N) is 3. The quantitative estimate of drug-likeness (QED) is 0.804. The number of anilines is 1. The molecule has 7 heteroatoms. The lowest BCUT2D eigenvalue weighted by molar-refractivity contribution is -0.120. The predicted octanol–water partition coefficient (Wildman–Crippen LogP) is 2.41. The van der Waals surface area contributed by atoms with Crippen molar-refractivity contribution in [1.29, 1.82) is 0 Å². The Hall–Kier alpha value is -3.22. The first-order chi connectivity index (χ1) is 11.6. The number of carbonyl (C=O) groups is 2. The Morgan fingerprint density at radius 1 is 1.29 bits per heavy atom. The summed E-state index contributed by atoms with van der Waals surface area (Å²) in [6.07, 6.45) is 1.49. The maximum atomic E-state index is 12.8. The van der Waals surface area contributed by atoms with Gasteiger partial charge in [0.1, 0.15) is 23.5 Å². The van der Waals surface area contributed by atoms with Crippen molar-refractivity contribution in [3.63, 3.8) is 0 Å². The molecule has 0 aliphatic carbocycles. The molecule has 3 N–H and O–H groups in total. The number of para-hydroxylation sites is 2. The van der Waals surface area contributed by atoms with Gasteiger partial charge in [0, 0.05) is 5.70 Å². The number of carbonyl (C=O) groups excluding carboxylic acids is 2. The highest BCUT2D eigenvalue weighted by atomic mass is 16.5. The number of furan rings is 1. The molecule has 3 rings (SSSR count). The van der Waals surface area contributed by atoms with E-state index in [1.165, 1.54) is 13.4 Å². The van der Waals surface area contributed by atoms with Gasteiger partial charge in [-0.2, -0.15) is 0 Å². The zero-order valence-electron chi connectivity index (χ0n) is 13.0. The molecule has 0 saturated carbocycles. The summed E-state index contributed by atoms with van der Waals surface area (Å²) < 4.78 is 10.6. The van der Waals surface area contributed by atoms with Gasteiger partial charge in [-0.15, -0.1) is 0 Å². The van der Waals surface area contributed by atoms with E-state index in [0.29, 0.717) is 22.9 Å². The highest BCUT2D eigenvalue weighted by Gasteiger charge is 2.39. The summed E-state index contributed by atoms with van der Waals surface area (Å²) in [6.45, 7) is 3.81. The minimum atomic E-state index is -0.737. The number of urea groups is 1. The van der Waals surface area contributed by atoms with E-state index in [1.54, 1.807) is 30.3 Å². The number of hydrogen-bond donors (Lipinski definition) is 3. The first kappa shape index (κ1) is 15.7. The Kier molecular flexibility index (Phi) is 4.24. The van der Waals surface area contributed by atoms with Gasteiger partial charge in [-0.1, -0.05) is 18.7 Å². The first-order valence-electron chi connectivity index (χ1n) is 7.33. The average molecular weight is 327 g/mol. The number of methoxy groups -OCH3 is 1. The van der Waals surface area contributed by atoms with Crippen molar-refractivity contribution in [1.82, 2.24) is 10.6 Å². The fourth-order valence-electron chi connectivity index (χ4n) is 2.66. The molecular weight excluding hydrogens is 310 g/mol. The molecule has 7 nitrogen and oxygen atoms in total. The molecule has 1 aromatic carbocycles. The third-order valence-electron chi connectivity index (χ3n) is 3.77. The monoisotopic (exact) mass is 327 g/mol. The van der Waals surface area contributed by atoms with Crippen LogP contribution in [0.1, 0.15) is 11.8 Å². The lowest BCUT2D eigenvalue weighted by Crippen LogP contribution is -2.51. The van der Waals surface area contributed by atoms with Crippen LogP contribution in [0.15, 0.2) is 59.4 Å². The lowest BCUT2D eigenvalue weighted by atomic mass is 9.91. The summed E-state index contributed by atoms with van der Waals surface area (Å²) in [5.74, 6) is -0.0536. The van der Waals surface area contributed by atoms with Crippen LogP contribution in [-0.2, 0) is 4.79 Å². The molecule has 1 aliphatic rings. The zero-order chi connectivity index (χ0) is 17.1. The summed E-state index contributed by atoms with van der Waals surface area (Å²) >= 11 is 0. The van der Waals surface area contributed by atoms with Gasteiger partial charge in [-0.05, 0) is 24.3 Å². The Morgan fingerprint density at radius 3 is 2.79 bits per heavy atom. The molecule has 24 heavy (non-hydrogen) atoms. The Bertz CT molecular complexity index is 770. The predicted molar refractivity (Wildman–Crippen MR) is 87.4 cm³/mol. The van der Waals surface area contributed by atoms with Crippen LogP contribution in [0.3, 0.4) is 0 Å². The van der Waals surface area contributed by atoms with Gasteiger partial charge in [0.05, 0.1) is 19.1 Å². The number of ether oxygens (including phenoxy) is 1. The third kappa shape index (κ3) is 2.96. The van der Waals surface area contributed by atoms with Crippen LogP contribution >= 0.6 is 0 Å². The van der Waals surface area contributed by atoms with Crippen molar-refractivity contribution < 1.29 is 18.7 Å². The molecule has 1 aliphatic heterocycles. The van der Waals surface area contributed by atoms with Crippen molar-refractivity contribution in [3.8, 4) is 5.75 Å². The normalized spacial score (nSPS) is 20.0. The van der Waals surface area contributed by atoms with E-state index in [2.05, 4.69) is 22.5 Å². The van der Waals surface area contributed by atoms with Crippen molar-refractivity contribution >= 4 is 17.6 Å². The van der Waals surface area contributed by atoms with E-state index in [-0.39, 0.29) is 5.91 Å². The summed E-state index contributed by atoms with van der Waals surface area (Å²) in [4.78, 5) is 24.5. The highest BCUT2D eigenvalue weighted by molar-refractivity contribution is 5.97. The van der Waals surface area contributed by atoms with E-state index < -0.39 is 18.0 Å². The largest absolute Gasteiger partial charge is 0.495 e. The molecule has 1 aromatic heterocycles. The Morgan fingerprint density at radius 2 is 2.08 bits per heavy atom. The SMILES string of the molecule is C=C1NC(=O)N[C@H](c2ccco2)[C@H]1C(=O)Nc1ccccc1OC. The van der Waals surface area contributed by atoms with Crippen molar-refractivity contribution in [3.05, 3.63) is 60.7 Å². The van der Waals surface area contributed by atoms with Gasteiger partial charge in [-0.25, -0.2) is 4.79 Å². The molecule has 0 radical (unpaired) electrons.